The highest BCUT2D eigenvalue weighted by atomic mass is 16.2. The third kappa shape index (κ3) is 4.25. The van der Waals surface area contributed by atoms with Gasteiger partial charge in [-0.05, 0) is 37.3 Å². The number of nitrogens with one attached hydrogen (secondary N) is 1. The monoisotopic (exact) mass is 257 g/mol. The lowest BCUT2D eigenvalue weighted by atomic mass is 10.1. The van der Waals surface area contributed by atoms with Crippen molar-refractivity contribution in [1.29, 1.82) is 0 Å². The van der Waals surface area contributed by atoms with Crippen LogP contribution < -0.4 is 5.32 Å². The molecule has 4 nitrogen and oxygen atoms in total. The molecule has 0 fully saturated rings. The molecule has 2 aromatic rings. The second kappa shape index (κ2) is 6.73. The minimum absolute atomic E-state index is 0.159. The standard InChI is InChI=1S/C15H19N3O/c1-13-11-17-18(12-13)15(19)16-10-6-5-9-14-7-3-2-4-8-14/h2-4,7-8,11-12H,5-6,9-10H2,1H3,(H,16,19). The summed E-state index contributed by atoms with van der Waals surface area (Å²) in [6, 6.07) is 10.2. The molecule has 4 heteroatoms. The fourth-order valence-corrected chi connectivity index (χ4v) is 1.90. The molecule has 0 bridgehead atoms. The number of benzene rings is 1. The van der Waals surface area contributed by atoms with Crippen molar-refractivity contribution in [2.45, 2.75) is 26.2 Å². The van der Waals surface area contributed by atoms with Gasteiger partial charge in [-0.15, -0.1) is 0 Å². The second-order valence-electron chi connectivity index (χ2n) is 4.64. The quantitative estimate of drug-likeness (QED) is 0.837. The first-order valence-corrected chi connectivity index (χ1v) is 6.59. The highest BCUT2D eigenvalue weighted by Crippen LogP contribution is 2.03. The molecule has 0 radical (unpaired) electrons. The minimum Gasteiger partial charge on any atom is -0.336 e. The van der Waals surface area contributed by atoms with Crippen LogP contribution in [0.25, 0.3) is 0 Å². The minimum atomic E-state index is -0.159. The van der Waals surface area contributed by atoms with E-state index in [4.69, 9.17) is 0 Å². The lowest BCUT2D eigenvalue weighted by Gasteiger charge is -2.05. The van der Waals surface area contributed by atoms with Crippen molar-refractivity contribution in [2.75, 3.05) is 6.54 Å². The van der Waals surface area contributed by atoms with E-state index in [0.717, 1.165) is 24.8 Å². The SMILES string of the molecule is Cc1cnn(C(=O)NCCCCc2ccccc2)c1. The van der Waals surface area contributed by atoms with Crippen molar-refractivity contribution in [3.8, 4) is 0 Å². The summed E-state index contributed by atoms with van der Waals surface area (Å²) in [5.41, 5.74) is 2.33. The summed E-state index contributed by atoms with van der Waals surface area (Å²) in [5.74, 6) is 0. The molecule has 0 aliphatic heterocycles. The highest BCUT2D eigenvalue weighted by molar-refractivity contribution is 5.75. The van der Waals surface area contributed by atoms with Crippen LogP contribution in [0.15, 0.2) is 42.7 Å². The molecular weight excluding hydrogens is 238 g/mol. The lowest BCUT2D eigenvalue weighted by molar-refractivity contribution is 0.239. The molecule has 0 aliphatic carbocycles. The van der Waals surface area contributed by atoms with Crippen molar-refractivity contribution >= 4 is 6.03 Å². The Morgan fingerprint density at radius 3 is 2.74 bits per heavy atom. The van der Waals surface area contributed by atoms with Gasteiger partial charge in [0.1, 0.15) is 0 Å². The molecule has 0 atom stereocenters. The van der Waals surface area contributed by atoms with Gasteiger partial charge in [0.25, 0.3) is 0 Å². The fourth-order valence-electron chi connectivity index (χ4n) is 1.90. The van der Waals surface area contributed by atoms with Crippen LogP contribution in [0.3, 0.4) is 0 Å². The van der Waals surface area contributed by atoms with Gasteiger partial charge in [0.05, 0.1) is 6.20 Å². The molecule has 0 aliphatic rings. The third-order valence-electron chi connectivity index (χ3n) is 2.93. The summed E-state index contributed by atoms with van der Waals surface area (Å²) in [6.07, 6.45) is 6.50. The van der Waals surface area contributed by atoms with Gasteiger partial charge in [-0.1, -0.05) is 30.3 Å². The van der Waals surface area contributed by atoms with Crippen LogP contribution in [-0.4, -0.2) is 22.4 Å². The van der Waals surface area contributed by atoms with Gasteiger partial charge in [-0.3, -0.25) is 0 Å². The fraction of sp³-hybridized carbons (Fsp3) is 0.333. The summed E-state index contributed by atoms with van der Waals surface area (Å²) in [6.45, 7) is 2.60. The molecule has 0 unspecified atom stereocenters. The van der Waals surface area contributed by atoms with Crippen molar-refractivity contribution < 1.29 is 4.79 Å². The zero-order valence-electron chi connectivity index (χ0n) is 11.2. The van der Waals surface area contributed by atoms with E-state index in [1.54, 1.807) is 12.4 Å². The molecule has 0 saturated carbocycles. The zero-order chi connectivity index (χ0) is 13.5. The van der Waals surface area contributed by atoms with E-state index in [9.17, 15) is 4.79 Å². The van der Waals surface area contributed by atoms with Gasteiger partial charge in [-0.25, -0.2) is 4.79 Å². The summed E-state index contributed by atoms with van der Waals surface area (Å²) in [5, 5.41) is 6.83. The number of hydrogen-bond acceptors (Lipinski definition) is 2. The van der Waals surface area contributed by atoms with Gasteiger partial charge >= 0.3 is 6.03 Å². The van der Waals surface area contributed by atoms with Crippen LogP contribution in [0, 0.1) is 6.92 Å². The van der Waals surface area contributed by atoms with E-state index in [-0.39, 0.29) is 6.03 Å². The van der Waals surface area contributed by atoms with Crippen molar-refractivity contribution in [1.82, 2.24) is 15.1 Å². The van der Waals surface area contributed by atoms with Gasteiger partial charge < -0.3 is 5.32 Å². The topological polar surface area (TPSA) is 46.9 Å². The smallest absolute Gasteiger partial charge is 0.336 e. The average Bonchev–Trinajstić information content (AvgIpc) is 2.86. The number of unbranched alkanes of at least 4 members (excludes halogenated alkanes) is 1. The maximum atomic E-state index is 11.7. The Kier molecular flexibility index (Phi) is 4.72. The first kappa shape index (κ1) is 13.3. The average molecular weight is 257 g/mol. The molecule has 1 N–H and O–H groups in total. The maximum absolute atomic E-state index is 11.7. The third-order valence-corrected chi connectivity index (χ3v) is 2.93. The predicted octanol–water partition coefficient (Wildman–Crippen LogP) is 2.77. The first-order chi connectivity index (χ1) is 9.25. The molecule has 100 valence electrons. The van der Waals surface area contributed by atoms with Gasteiger partial charge in [0.15, 0.2) is 0 Å². The summed E-state index contributed by atoms with van der Waals surface area (Å²) >= 11 is 0. The van der Waals surface area contributed by atoms with Crippen LogP contribution in [0.1, 0.15) is 24.0 Å². The number of aryl methyl sites for hydroxylation is 2. The molecular formula is C15H19N3O. The molecule has 1 heterocycles. The van der Waals surface area contributed by atoms with Crippen molar-refractivity contribution in [3.63, 3.8) is 0 Å². The van der Waals surface area contributed by atoms with Crippen LogP contribution in [-0.2, 0) is 6.42 Å². The second-order valence-corrected chi connectivity index (χ2v) is 4.64. The van der Waals surface area contributed by atoms with E-state index in [2.05, 4.69) is 34.7 Å². The van der Waals surface area contributed by atoms with E-state index >= 15 is 0 Å². The zero-order valence-corrected chi connectivity index (χ0v) is 11.2. The highest BCUT2D eigenvalue weighted by Gasteiger charge is 2.03. The molecule has 1 aromatic heterocycles. The van der Waals surface area contributed by atoms with Crippen molar-refractivity contribution in [2.24, 2.45) is 0 Å². The van der Waals surface area contributed by atoms with Crippen LogP contribution >= 0.6 is 0 Å². The normalized spacial score (nSPS) is 10.4. The van der Waals surface area contributed by atoms with E-state index in [1.165, 1.54) is 10.2 Å². The predicted molar refractivity (Wildman–Crippen MR) is 75.1 cm³/mol. The summed E-state index contributed by atoms with van der Waals surface area (Å²) < 4.78 is 1.34. The first-order valence-electron chi connectivity index (χ1n) is 6.59. The molecule has 19 heavy (non-hydrogen) atoms. The van der Waals surface area contributed by atoms with Crippen molar-refractivity contribution in [3.05, 3.63) is 53.9 Å². The molecule has 1 amide bonds. The van der Waals surface area contributed by atoms with Gasteiger partial charge in [-0.2, -0.15) is 9.78 Å². The van der Waals surface area contributed by atoms with Crippen LogP contribution in [0.5, 0.6) is 0 Å². The Balaban J connectivity index is 1.63. The number of hydrogen-bond donors (Lipinski definition) is 1. The van der Waals surface area contributed by atoms with Gasteiger partial charge in [0, 0.05) is 12.7 Å². The van der Waals surface area contributed by atoms with E-state index in [0.29, 0.717) is 6.54 Å². The molecule has 0 spiro atoms. The Labute approximate surface area is 113 Å². The molecule has 0 saturated heterocycles. The number of carbonyl (C=O) groups excluding carboxylic acids is 1. The Hall–Kier alpha value is -2.10. The number of amides is 1. The van der Waals surface area contributed by atoms with Gasteiger partial charge in [0.2, 0.25) is 0 Å². The van der Waals surface area contributed by atoms with Crippen LogP contribution in [0.4, 0.5) is 4.79 Å². The van der Waals surface area contributed by atoms with E-state index < -0.39 is 0 Å². The number of nitrogens with zero attached hydrogens (tertiary/aromatic N) is 2. The largest absolute Gasteiger partial charge is 0.342 e. The Morgan fingerprint density at radius 1 is 1.26 bits per heavy atom. The summed E-state index contributed by atoms with van der Waals surface area (Å²) in [4.78, 5) is 11.7. The lowest BCUT2D eigenvalue weighted by Crippen LogP contribution is -2.29. The van der Waals surface area contributed by atoms with Crippen LogP contribution in [0.2, 0.25) is 0 Å². The number of rotatable bonds is 5. The molecule has 2 rings (SSSR count). The number of carbonyl (C=O) groups is 1. The maximum Gasteiger partial charge on any atom is 0.342 e. The Morgan fingerprint density at radius 2 is 2.05 bits per heavy atom. The number of aromatic nitrogens is 2. The van der Waals surface area contributed by atoms with E-state index in [1.807, 2.05) is 13.0 Å². The molecule has 1 aromatic carbocycles. The Bertz CT molecular complexity index is 519. The summed E-state index contributed by atoms with van der Waals surface area (Å²) in [7, 11) is 0.